The Bertz CT molecular complexity index is 1250. The van der Waals surface area contributed by atoms with Crippen molar-refractivity contribution in [2.75, 3.05) is 6.61 Å². The highest BCUT2D eigenvalue weighted by molar-refractivity contribution is 8.04. The summed E-state index contributed by atoms with van der Waals surface area (Å²) in [5, 5.41) is 7.34. The molecule has 0 saturated carbocycles. The van der Waals surface area contributed by atoms with Crippen molar-refractivity contribution in [3.63, 3.8) is 0 Å². The van der Waals surface area contributed by atoms with Crippen LogP contribution in [-0.4, -0.2) is 36.7 Å². The number of benzene rings is 2. The Labute approximate surface area is 177 Å². The smallest absolute Gasteiger partial charge is 0.282 e. The van der Waals surface area contributed by atoms with Crippen LogP contribution in [0.2, 0.25) is 0 Å². The SMILES string of the molecule is CCOc1ccc(S(=O)(=O)/N=C2/C=C(Sc3cc[nH]n3)C(=O)c3ccccc32)cc1. The summed E-state index contributed by atoms with van der Waals surface area (Å²) in [6.07, 6.45) is 3.14. The molecular formula is C21H17N3O4S2. The van der Waals surface area contributed by atoms with Crippen LogP contribution in [0.3, 0.4) is 0 Å². The van der Waals surface area contributed by atoms with Gasteiger partial charge in [0.05, 0.1) is 22.1 Å². The van der Waals surface area contributed by atoms with E-state index in [1.165, 1.54) is 18.2 Å². The van der Waals surface area contributed by atoms with Gasteiger partial charge in [0.1, 0.15) is 10.8 Å². The standard InChI is InChI=1S/C21H17N3O4S2/c1-2-28-14-7-9-15(10-8-14)30(26,27)24-18-13-19(29-20-11-12-22-23-20)21(25)17-6-4-3-5-16(17)18/h3-13H,2H2,1H3,(H,22,23)/b24-18-. The normalized spacial score (nSPS) is 15.0. The highest BCUT2D eigenvalue weighted by Crippen LogP contribution is 2.33. The van der Waals surface area contributed by atoms with E-state index in [-0.39, 0.29) is 16.4 Å². The van der Waals surface area contributed by atoms with E-state index in [0.29, 0.717) is 33.4 Å². The number of hydrogen-bond acceptors (Lipinski definition) is 6. The number of carbonyl (C=O) groups excluding carboxylic acids is 1. The Morgan fingerprint density at radius 3 is 2.47 bits per heavy atom. The molecule has 0 fully saturated rings. The molecule has 0 radical (unpaired) electrons. The molecule has 1 aromatic heterocycles. The number of fused-ring (bicyclic) bond motifs is 1. The Morgan fingerprint density at radius 2 is 1.80 bits per heavy atom. The number of carbonyl (C=O) groups is 1. The summed E-state index contributed by atoms with van der Waals surface area (Å²) >= 11 is 1.15. The summed E-state index contributed by atoms with van der Waals surface area (Å²) < 4.78 is 35.2. The number of nitrogens with one attached hydrogen (secondary N) is 1. The predicted octanol–water partition coefficient (Wildman–Crippen LogP) is 3.86. The molecule has 30 heavy (non-hydrogen) atoms. The lowest BCUT2D eigenvalue weighted by Gasteiger charge is -2.16. The van der Waals surface area contributed by atoms with Crippen molar-refractivity contribution >= 4 is 33.3 Å². The van der Waals surface area contributed by atoms with Gasteiger partial charge in [0, 0.05) is 17.3 Å². The van der Waals surface area contributed by atoms with Gasteiger partial charge in [-0.15, -0.1) is 0 Å². The molecule has 0 aliphatic heterocycles. The summed E-state index contributed by atoms with van der Waals surface area (Å²) in [6, 6.07) is 14.6. The molecule has 2 aromatic carbocycles. The molecule has 0 bridgehead atoms. The fraction of sp³-hybridized carbons (Fsp3) is 0.0952. The zero-order valence-electron chi connectivity index (χ0n) is 15.9. The van der Waals surface area contributed by atoms with Crippen molar-refractivity contribution < 1.29 is 17.9 Å². The fourth-order valence-corrected chi connectivity index (χ4v) is 4.76. The van der Waals surface area contributed by atoms with Crippen LogP contribution in [-0.2, 0) is 10.0 Å². The topological polar surface area (TPSA) is 101 Å². The number of allylic oxidation sites excluding steroid dienone is 2. The van der Waals surface area contributed by atoms with Crippen LogP contribution in [0.4, 0.5) is 0 Å². The van der Waals surface area contributed by atoms with Crippen LogP contribution >= 0.6 is 11.8 Å². The summed E-state index contributed by atoms with van der Waals surface area (Å²) in [6.45, 7) is 2.34. The number of ether oxygens (including phenoxy) is 1. The summed E-state index contributed by atoms with van der Waals surface area (Å²) in [7, 11) is -3.99. The zero-order chi connectivity index (χ0) is 21.1. The van der Waals surface area contributed by atoms with E-state index in [0.717, 1.165) is 11.8 Å². The third kappa shape index (κ3) is 4.07. The first kappa shape index (κ1) is 20.1. The van der Waals surface area contributed by atoms with Crippen LogP contribution in [0.1, 0.15) is 22.8 Å². The molecule has 1 aliphatic rings. The van der Waals surface area contributed by atoms with Crippen LogP contribution in [0.5, 0.6) is 5.75 Å². The molecular weight excluding hydrogens is 422 g/mol. The van der Waals surface area contributed by atoms with Crippen LogP contribution in [0.25, 0.3) is 0 Å². The summed E-state index contributed by atoms with van der Waals surface area (Å²) in [5.74, 6) is 0.381. The van der Waals surface area contributed by atoms with Crippen LogP contribution in [0, 0.1) is 0 Å². The molecule has 0 amide bonds. The number of hydrogen-bond donors (Lipinski definition) is 1. The number of aromatic amines is 1. The van der Waals surface area contributed by atoms with Crippen molar-refractivity contribution in [2.45, 2.75) is 16.8 Å². The zero-order valence-corrected chi connectivity index (χ0v) is 17.5. The minimum absolute atomic E-state index is 0.0442. The quantitative estimate of drug-likeness (QED) is 0.626. The summed E-state index contributed by atoms with van der Waals surface area (Å²) in [5.41, 5.74) is 1.08. The van der Waals surface area contributed by atoms with Crippen molar-refractivity contribution in [1.82, 2.24) is 10.2 Å². The van der Waals surface area contributed by atoms with E-state index < -0.39 is 10.0 Å². The van der Waals surface area contributed by atoms with Gasteiger partial charge in [0.2, 0.25) is 5.78 Å². The lowest BCUT2D eigenvalue weighted by Crippen LogP contribution is -2.17. The van der Waals surface area contributed by atoms with Crippen LogP contribution < -0.4 is 4.74 Å². The van der Waals surface area contributed by atoms with Crippen LogP contribution in [0.15, 0.2) is 86.1 Å². The van der Waals surface area contributed by atoms with Gasteiger partial charge < -0.3 is 4.74 Å². The van der Waals surface area contributed by atoms with Crippen molar-refractivity contribution in [2.24, 2.45) is 4.40 Å². The molecule has 1 aliphatic carbocycles. The van der Waals surface area contributed by atoms with Gasteiger partial charge in [-0.25, -0.2) is 0 Å². The minimum atomic E-state index is -3.99. The number of rotatable bonds is 6. The van der Waals surface area contributed by atoms with Crippen molar-refractivity contribution in [3.05, 3.63) is 82.9 Å². The molecule has 3 aromatic rings. The second-order valence-corrected chi connectivity index (χ2v) is 8.92. The van der Waals surface area contributed by atoms with Crippen molar-refractivity contribution in [3.8, 4) is 5.75 Å². The second kappa shape index (κ2) is 8.29. The minimum Gasteiger partial charge on any atom is -0.494 e. The Hall–Kier alpha value is -3.17. The molecule has 7 nitrogen and oxygen atoms in total. The third-order valence-corrected chi connectivity index (χ3v) is 6.54. The third-order valence-electron chi connectivity index (χ3n) is 4.28. The molecule has 0 saturated heterocycles. The predicted molar refractivity (Wildman–Crippen MR) is 115 cm³/mol. The number of H-pyrrole nitrogens is 1. The van der Waals surface area contributed by atoms with Gasteiger partial charge in [-0.2, -0.15) is 17.9 Å². The Kier molecular flexibility index (Phi) is 5.56. The molecule has 0 unspecified atom stereocenters. The first-order valence-electron chi connectivity index (χ1n) is 9.09. The molecule has 152 valence electrons. The molecule has 1 N–H and O–H groups in total. The number of Topliss-reactive ketones (excluding diaryl/α,β-unsaturated/α-hetero) is 1. The van der Waals surface area contributed by atoms with Gasteiger partial charge in [-0.05, 0) is 43.3 Å². The molecule has 0 atom stereocenters. The second-order valence-electron chi connectivity index (χ2n) is 6.25. The first-order valence-corrected chi connectivity index (χ1v) is 11.3. The lowest BCUT2D eigenvalue weighted by molar-refractivity contribution is 0.104. The molecule has 1 heterocycles. The highest BCUT2D eigenvalue weighted by atomic mass is 32.2. The van der Waals surface area contributed by atoms with E-state index >= 15 is 0 Å². The number of ketones is 1. The number of thioether (sulfide) groups is 1. The van der Waals surface area contributed by atoms with E-state index in [1.807, 2.05) is 6.92 Å². The maximum Gasteiger partial charge on any atom is 0.282 e. The maximum atomic E-state index is 12.9. The molecule has 4 rings (SSSR count). The van der Waals surface area contributed by atoms with Gasteiger partial charge in [-0.1, -0.05) is 36.0 Å². The van der Waals surface area contributed by atoms with Gasteiger partial charge in [0.15, 0.2) is 0 Å². The van der Waals surface area contributed by atoms with Gasteiger partial charge >= 0.3 is 0 Å². The average Bonchev–Trinajstić information content (AvgIpc) is 3.25. The number of nitrogens with zero attached hydrogens (tertiary/aromatic N) is 2. The van der Waals surface area contributed by atoms with Crippen molar-refractivity contribution in [1.29, 1.82) is 0 Å². The fourth-order valence-electron chi connectivity index (χ4n) is 2.93. The van der Waals surface area contributed by atoms with E-state index in [4.69, 9.17) is 4.74 Å². The molecule has 0 spiro atoms. The van der Waals surface area contributed by atoms with E-state index in [9.17, 15) is 13.2 Å². The molecule has 9 heteroatoms. The Balaban J connectivity index is 1.76. The van der Waals surface area contributed by atoms with E-state index in [2.05, 4.69) is 14.6 Å². The van der Waals surface area contributed by atoms with E-state index in [1.54, 1.807) is 48.7 Å². The van der Waals surface area contributed by atoms with Gasteiger partial charge in [-0.3, -0.25) is 9.89 Å². The summed E-state index contributed by atoms with van der Waals surface area (Å²) in [4.78, 5) is 13.3. The largest absolute Gasteiger partial charge is 0.494 e. The number of aromatic nitrogens is 2. The van der Waals surface area contributed by atoms with Gasteiger partial charge in [0.25, 0.3) is 10.0 Å². The first-order chi connectivity index (χ1) is 14.5. The Morgan fingerprint density at radius 1 is 1.07 bits per heavy atom. The lowest BCUT2D eigenvalue weighted by atomic mass is 9.94. The maximum absolute atomic E-state index is 12.9. The number of sulfonamides is 1. The monoisotopic (exact) mass is 439 g/mol. The highest BCUT2D eigenvalue weighted by Gasteiger charge is 2.27. The average molecular weight is 440 g/mol.